The molecule has 6 nitrogen and oxygen atoms in total. The van der Waals surface area contributed by atoms with Crippen LogP contribution < -0.4 is 10.2 Å². The van der Waals surface area contributed by atoms with E-state index in [1.807, 2.05) is 6.92 Å². The average Bonchev–Trinajstić information content (AvgIpc) is 2.48. The summed E-state index contributed by atoms with van der Waals surface area (Å²) in [6.45, 7) is 6.20. The lowest BCUT2D eigenvalue weighted by molar-refractivity contribution is -0.122. The number of hydrogen-bond acceptors (Lipinski definition) is 5. The van der Waals surface area contributed by atoms with Crippen LogP contribution in [0.2, 0.25) is 0 Å². The number of anilines is 1. The van der Waals surface area contributed by atoms with E-state index in [9.17, 15) is 4.79 Å². The minimum atomic E-state index is 0.0662. The Balaban J connectivity index is 1.91. The molecule has 2 heterocycles. The Morgan fingerprint density at radius 1 is 1.45 bits per heavy atom. The van der Waals surface area contributed by atoms with E-state index >= 15 is 0 Å². The first kappa shape index (κ1) is 14.3. The molecule has 1 aliphatic heterocycles. The molecule has 0 bridgehead atoms. The van der Waals surface area contributed by atoms with Crippen molar-refractivity contribution in [2.75, 3.05) is 44.2 Å². The van der Waals surface area contributed by atoms with E-state index in [4.69, 9.17) is 5.26 Å². The maximum atomic E-state index is 11.5. The number of carbonyl (C=O) groups excluding carboxylic acids is 1. The van der Waals surface area contributed by atoms with Gasteiger partial charge in [0.05, 0.1) is 12.1 Å². The summed E-state index contributed by atoms with van der Waals surface area (Å²) in [4.78, 5) is 20.1. The number of aromatic nitrogens is 1. The molecule has 6 heteroatoms. The molecule has 0 spiro atoms. The van der Waals surface area contributed by atoms with Gasteiger partial charge in [-0.1, -0.05) is 0 Å². The van der Waals surface area contributed by atoms with E-state index in [1.54, 1.807) is 18.3 Å². The Morgan fingerprint density at radius 2 is 2.20 bits per heavy atom. The number of piperazine rings is 1. The SMILES string of the molecule is CCNC(=O)CN1CCN(c2ncccc2C#N)CC1. The van der Waals surface area contributed by atoms with Gasteiger partial charge in [-0.05, 0) is 19.1 Å². The van der Waals surface area contributed by atoms with Crippen LogP contribution in [0, 0.1) is 11.3 Å². The zero-order valence-corrected chi connectivity index (χ0v) is 11.7. The van der Waals surface area contributed by atoms with E-state index in [0.717, 1.165) is 32.0 Å². The molecule has 0 atom stereocenters. The van der Waals surface area contributed by atoms with Crippen molar-refractivity contribution >= 4 is 11.7 Å². The van der Waals surface area contributed by atoms with Gasteiger partial charge in [-0.3, -0.25) is 9.69 Å². The average molecular weight is 273 g/mol. The second kappa shape index (κ2) is 6.87. The molecule has 2 rings (SSSR count). The third-order valence-electron chi connectivity index (χ3n) is 3.32. The Morgan fingerprint density at radius 3 is 2.85 bits per heavy atom. The molecule has 1 aliphatic rings. The molecule has 1 amide bonds. The Hall–Kier alpha value is -2.13. The lowest BCUT2D eigenvalue weighted by Crippen LogP contribution is -2.49. The van der Waals surface area contributed by atoms with Crippen LogP contribution in [0.25, 0.3) is 0 Å². The predicted molar refractivity (Wildman–Crippen MR) is 76.3 cm³/mol. The van der Waals surface area contributed by atoms with E-state index in [-0.39, 0.29) is 5.91 Å². The second-order valence-corrected chi connectivity index (χ2v) is 4.70. The predicted octanol–water partition coefficient (Wildman–Crippen LogP) is 0.211. The van der Waals surface area contributed by atoms with Gasteiger partial charge >= 0.3 is 0 Å². The number of nitrogens with one attached hydrogen (secondary N) is 1. The highest BCUT2D eigenvalue weighted by atomic mass is 16.2. The van der Waals surface area contributed by atoms with Gasteiger partial charge in [0, 0.05) is 38.9 Å². The molecule has 1 aromatic heterocycles. The molecule has 1 fully saturated rings. The monoisotopic (exact) mass is 273 g/mol. The summed E-state index contributed by atoms with van der Waals surface area (Å²) in [6, 6.07) is 5.72. The number of pyridine rings is 1. The standard InChI is InChI=1S/C14H19N5O/c1-2-16-13(20)11-18-6-8-19(9-7-18)14-12(10-15)4-3-5-17-14/h3-5H,2,6-9,11H2,1H3,(H,16,20). The maximum Gasteiger partial charge on any atom is 0.234 e. The lowest BCUT2D eigenvalue weighted by Gasteiger charge is -2.35. The maximum absolute atomic E-state index is 11.5. The highest BCUT2D eigenvalue weighted by Crippen LogP contribution is 2.17. The number of amides is 1. The van der Waals surface area contributed by atoms with Crippen molar-refractivity contribution in [3.05, 3.63) is 23.9 Å². The van der Waals surface area contributed by atoms with Gasteiger partial charge in [-0.25, -0.2) is 4.98 Å². The van der Waals surface area contributed by atoms with Gasteiger partial charge in [-0.2, -0.15) is 5.26 Å². The normalized spacial score (nSPS) is 15.7. The summed E-state index contributed by atoms with van der Waals surface area (Å²) in [5, 5.41) is 11.9. The fourth-order valence-corrected chi connectivity index (χ4v) is 2.31. The molecule has 0 aromatic carbocycles. The number of rotatable bonds is 4. The van der Waals surface area contributed by atoms with E-state index in [0.29, 0.717) is 18.7 Å². The van der Waals surface area contributed by atoms with E-state index in [1.165, 1.54) is 0 Å². The molecule has 0 saturated carbocycles. The lowest BCUT2D eigenvalue weighted by atomic mass is 10.2. The van der Waals surface area contributed by atoms with Crippen LogP contribution in [0.5, 0.6) is 0 Å². The van der Waals surface area contributed by atoms with Crippen molar-refractivity contribution in [3.8, 4) is 6.07 Å². The van der Waals surface area contributed by atoms with Gasteiger partial charge in [0.2, 0.25) is 5.91 Å². The first-order valence-corrected chi connectivity index (χ1v) is 6.83. The first-order chi connectivity index (χ1) is 9.74. The van der Waals surface area contributed by atoms with Crippen molar-refractivity contribution in [1.29, 1.82) is 5.26 Å². The quantitative estimate of drug-likeness (QED) is 0.849. The van der Waals surface area contributed by atoms with Crippen molar-refractivity contribution in [2.45, 2.75) is 6.92 Å². The summed E-state index contributed by atoms with van der Waals surface area (Å²) in [5.41, 5.74) is 0.602. The van der Waals surface area contributed by atoms with Gasteiger partial charge in [-0.15, -0.1) is 0 Å². The fourth-order valence-electron chi connectivity index (χ4n) is 2.31. The summed E-state index contributed by atoms with van der Waals surface area (Å²) in [5.74, 6) is 0.809. The Labute approximate surface area is 119 Å². The van der Waals surface area contributed by atoms with Crippen LogP contribution >= 0.6 is 0 Å². The zero-order valence-electron chi connectivity index (χ0n) is 11.7. The third-order valence-corrected chi connectivity index (χ3v) is 3.32. The molecule has 1 aromatic rings. The van der Waals surface area contributed by atoms with Crippen LogP contribution in [0.4, 0.5) is 5.82 Å². The second-order valence-electron chi connectivity index (χ2n) is 4.70. The first-order valence-electron chi connectivity index (χ1n) is 6.83. The highest BCUT2D eigenvalue weighted by Gasteiger charge is 2.21. The van der Waals surface area contributed by atoms with Gasteiger partial charge in [0.15, 0.2) is 0 Å². The van der Waals surface area contributed by atoms with Crippen LogP contribution in [0.3, 0.4) is 0 Å². The van der Waals surface area contributed by atoms with Crippen LogP contribution in [-0.2, 0) is 4.79 Å². The Kier molecular flexibility index (Phi) is 4.91. The van der Waals surface area contributed by atoms with Gasteiger partial charge in [0.1, 0.15) is 11.9 Å². The van der Waals surface area contributed by atoms with Crippen molar-refractivity contribution in [2.24, 2.45) is 0 Å². The minimum Gasteiger partial charge on any atom is -0.355 e. The van der Waals surface area contributed by atoms with Crippen molar-refractivity contribution < 1.29 is 4.79 Å². The van der Waals surface area contributed by atoms with Crippen molar-refractivity contribution in [3.63, 3.8) is 0 Å². The Bertz CT molecular complexity index is 503. The minimum absolute atomic E-state index is 0.0662. The smallest absolute Gasteiger partial charge is 0.234 e. The highest BCUT2D eigenvalue weighted by molar-refractivity contribution is 5.78. The molecular formula is C14H19N5O. The van der Waals surface area contributed by atoms with Crippen LogP contribution in [0.1, 0.15) is 12.5 Å². The van der Waals surface area contributed by atoms with Crippen LogP contribution in [0.15, 0.2) is 18.3 Å². The summed E-state index contributed by atoms with van der Waals surface area (Å²) < 4.78 is 0. The van der Waals surface area contributed by atoms with Gasteiger partial charge < -0.3 is 10.2 Å². The fraction of sp³-hybridized carbons (Fsp3) is 0.500. The number of likely N-dealkylation sites (N-methyl/N-ethyl adjacent to an activating group) is 1. The van der Waals surface area contributed by atoms with Gasteiger partial charge in [0.25, 0.3) is 0 Å². The number of carbonyl (C=O) groups is 1. The molecule has 0 unspecified atom stereocenters. The number of hydrogen-bond donors (Lipinski definition) is 1. The third kappa shape index (κ3) is 3.45. The molecule has 20 heavy (non-hydrogen) atoms. The molecule has 0 radical (unpaired) electrons. The number of nitrogens with zero attached hydrogens (tertiary/aromatic N) is 4. The molecule has 1 N–H and O–H groups in total. The van der Waals surface area contributed by atoms with Crippen molar-refractivity contribution in [1.82, 2.24) is 15.2 Å². The van der Waals surface area contributed by atoms with E-state index < -0.39 is 0 Å². The summed E-state index contributed by atoms with van der Waals surface area (Å²) in [6.07, 6.45) is 1.71. The zero-order chi connectivity index (χ0) is 14.4. The number of nitriles is 1. The molecule has 1 saturated heterocycles. The molecular weight excluding hydrogens is 254 g/mol. The largest absolute Gasteiger partial charge is 0.355 e. The van der Waals surface area contributed by atoms with E-state index in [2.05, 4.69) is 26.2 Å². The topological polar surface area (TPSA) is 72.3 Å². The van der Waals surface area contributed by atoms with Crippen LogP contribution in [-0.4, -0.2) is 55.1 Å². The summed E-state index contributed by atoms with van der Waals surface area (Å²) >= 11 is 0. The molecule has 106 valence electrons. The molecule has 0 aliphatic carbocycles. The summed E-state index contributed by atoms with van der Waals surface area (Å²) in [7, 11) is 0.